The maximum atomic E-state index is 14.3. The summed E-state index contributed by atoms with van der Waals surface area (Å²) in [5, 5.41) is 3.89. The van der Waals surface area contributed by atoms with Crippen molar-refractivity contribution in [3.05, 3.63) is 63.4 Å². The van der Waals surface area contributed by atoms with E-state index in [0.717, 1.165) is 16.7 Å². The van der Waals surface area contributed by atoms with Gasteiger partial charge < -0.3 is 10.1 Å². The molecule has 0 amide bonds. The topological polar surface area (TPSA) is 21.3 Å². The summed E-state index contributed by atoms with van der Waals surface area (Å²) in [6.07, 6.45) is 0. The Morgan fingerprint density at radius 3 is 2.52 bits per heavy atom. The van der Waals surface area contributed by atoms with E-state index in [9.17, 15) is 4.39 Å². The third kappa shape index (κ3) is 3.04. The number of rotatable bonds is 4. The smallest absolute Gasteiger partial charge is 0.132 e. The molecule has 2 aromatic carbocycles. The SMILES string of the molecule is CNC(c1cc(C)c(Cl)cc1C)c1c(F)cccc1OC. The lowest BCUT2D eigenvalue weighted by molar-refractivity contribution is 0.398. The molecule has 0 aliphatic rings. The van der Waals surface area contributed by atoms with Crippen LogP contribution in [0.4, 0.5) is 4.39 Å². The second kappa shape index (κ2) is 6.46. The van der Waals surface area contributed by atoms with E-state index in [0.29, 0.717) is 16.3 Å². The van der Waals surface area contributed by atoms with Gasteiger partial charge in [0, 0.05) is 5.02 Å². The lowest BCUT2D eigenvalue weighted by atomic mass is 9.92. The van der Waals surface area contributed by atoms with Gasteiger partial charge in [-0.05, 0) is 55.8 Å². The fourth-order valence-electron chi connectivity index (χ4n) is 2.55. The summed E-state index contributed by atoms with van der Waals surface area (Å²) >= 11 is 6.15. The molecule has 0 aromatic heterocycles. The number of nitrogens with one attached hydrogen (secondary N) is 1. The lowest BCUT2D eigenvalue weighted by Gasteiger charge is -2.23. The Morgan fingerprint density at radius 1 is 1.19 bits per heavy atom. The van der Waals surface area contributed by atoms with Crippen LogP contribution in [0, 0.1) is 19.7 Å². The van der Waals surface area contributed by atoms with E-state index in [1.54, 1.807) is 26.3 Å². The summed E-state index contributed by atoms with van der Waals surface area (Å²) in [4.78, 5) is 0. The first kappa shape index (κ1) is 15.8. The molecule has 0 spiro atoms. The highest BCUT2D eigenvalue weighted by Crippen LogP contribution is 2.35. The quantitative estimate of drug-likeness (QED) is 0.903. The molecule has 0 aliphatic heterocycles. The largest absolute Gasteiger partial charge is 0.496 e. The molecule has 1 N–H and O–H groups in total. The molecule has 0 saturated heterocycles. The number of ether oxygens (including phenoxy) is 1. The van der Waals surface area contributed by atoms with Gasteiger partial charge in [-0.1, -0.05) is 23.7 Å². The first-order valence-corrected chi connectivity index (χ1v) is 7.13. The maximum absolute atomic E-state index is 14.3. The summed E-state index contributed by atoms with van der Waals surface area (Å²) < 4.78 is 19.6. The van der Waals surface area contributed by atoms with Gasteiger partial charge in [0.25, 0.3) is 0 Å². The molecule has 21 heavy (non-hydrogen) atoms. The van der Waals surface area contributed by atoms with Crippen molar-refractivity contribution in [2.45, 2.75) is 19.9 Å². The molecule has 0 fully saturated rings. The van der Waals surface area contributed by atoms with E-state index >= 15 is 0 Å². The zero-order chi connectivity index (χ0) is 15.6. The van der Waals surface area contributed by atoms with Crippen LogP contribution in [0.25, 0.3) is 0 Å². The highest BCUT2D eigenvalue weighted by Gasteiger charge is 2.22. The molecule has 1 unspecified atom stereocenters. The molecule has 0 aliphatic carbocycles. The summed E-state index contributed by atoms with van der Waals surface area (Å²) in [5.74, 6) is 0.238. The van der Waals surface area contributed by atoms with Crippen LogP contribution < -0.4 is 10.1 Å². The molecule has 0 radical (unpaired) electrons. The minimum Gasteiger partial charge on any atom is -0.496 e. The molecular formula is C17H19ClFNO. The Balaban J connectivity index is 2.63. The van der Waals surface area contributed by atoms with E-state index in [4.69, 9.17) is 16.3 Å². The summed E-state index contributed by atoms with van der Waals surface area (Å²) in [6.45, 7) is 3.91. The molecule has 112 valence electrons. The standard InChI is InChI=1S/C17H19ClFNO/c1-10-9-13(18)11(2)8-12(10)17(20-3)16-14(19)6-5-7-15(16)21-4/h5-9,17,20H,1-4H3. The Labute approximate surface area is 129 Å². The first-order chi connectivity index (χ1) is 9.99. The molecule has 0 saturated carbocycles. The highest BCUT2D eigenvalue weighted by atomic mass is 35.5. The maximum Gasteiger partial charge on any atom is 0.132 e. The monoisotopic (exact) mass is 307 g/mol. The van der Waals surface area contributed by atoms with E-state index in [1.807, 2.05) is 26.0 Å². The Bertz CT molecular complexity index is 657. The fraction of sp³-hybridized carbons (Fsp3) is 0.294. The van der Waals surface area contributed by atoms with Crippen molar-refractivity contribution < 1.29 is 9.13 Å². The second-order valence-corrected chi connectivity index (χ2v) is 5.44. The van der Waals surface area contributed by atoms with Crippen LogP contribution in [0.3, 0.4) is 0 Å². The van der Waals surface area contributed by atoms with Crippen molar-refractivity contribution in [3.8, 4) is 5.75 Å². The van der Waals surface area contributed by atoms with Gasteiger partial charge in [-0.15, -0.1) is 0 Å². The lowest BCUT2D eigenvalue weighted by Crippen LogP contribution is -2.21. The minimum absolute atomic E-state index is 0.291. The average Bonchev–Trinajstić information content (AvgIpc) is 2.46. The number of aryl methyl sites for hydroxylation is 2. The molecule has 2 rings (SSSR count). The second-order valence-electron chi connectivity index (χ2n) is 5.04. The van der Waals surface area contributed by atoms with Crippen LogP contribution >= 0.6 is 11.6 Å². The number of hydrogen-bond donors (Lipinski definition) is 1. The van der Waals surface area contributed by atoms with Gasteiger partial charge in [-0.2, -0.15) is 0 Å². The van der Waals surface area contributed by atoms with Gasteiger partial charge in [0.15, 0.2) is 0 Å². The number of benzene rings is 2. The molecule has 0 bridgehead atoms. The van der Waals surface area contributed by atoms with Gasteiger partial charge >= 0.3 is 0 Å². The van der Waals surface area contributed by atoms with E-state index in [-0.39, 0.29) is 11.9 Å². The number of hydrogen-bond acceptors (Lipinski definition) is 2. The summed E-state index contributed by atoms with van der Waals surface area (Å²) in [7, 11) is 3.35. The van der Waals surface area contributed by atoms with Gasteiger partial charge in [0.05, 0.1) is 18.7 Å². The number of halogens is 2. The molecular weight excluding hydrogens is 289 g/mol. The van der Waals surface area contributed by atoms with E-state index in [2.05, 4.69) is 5.32 Å². The van der Waals surface area contributed by atoms with Crippen molar-refractivity contribution in [2.24, 2.45) is 0 Å². The van der Waals surface area contributed by atoms with Crippen LogP contribution in [0.1, 0.15) is 28.3 Å². The van der Waals surface area contributed by atoms with Crippen LogP contribution in [-0.2, 0) is 0 Å². The molecule has 2 nitrogen and oxygen atoms in total. The minimum atomic E-state index is -0.294. The van der Waals surface area contributed by atoms with Gasteiger partial charge in [0.2, 0.25) is 0 Å². The van der Waals surface area contributed by atoms with Gasteiger partial charge in [-0.3, -0.25) is 0 Å². The van der Waals surface area contributed by atoms with Crippen molar-refractivity contribution in [2.75, 3.05) is 14.2 Å². The van der Waals surface area contributed by atoms with Crippen LogP contribution in [-0.4, -0.2) is 14.2 Å². The van der Waals surface area contributed by atoms with Crippen LogP contribution in [0.5, 0.6) is 5.75 Å². The average molecular weight is 308 g/mol. The third-order valence-electron chi connectivity index (χ3n) is 3.67. The number of methoxy groups -OCH3 is 1. The predicted octanol–water partition coefficient (Wildman–Crippen LogP) is 4.41. The highest BCUT2D eigenvalue weighted by molar-refractivity contribution is 6.31. The predicted molar refractivity (Wildman–Crippen MR) is 84.8 cm³/mol. The van der Waals surface area contributed by atoms with Crippen LogP contribution in [0.2, 0.25) is 5.02 Å². The summed E-state index contributed by atoms with van der Waals surface area (Å²) in [5.41, 5.74) is 3.47. The third-order valence-corrected chi connectivity index (χ3v) is 4.08. The zero-order valence-electron chi connectivity index (χ0n) is 12.6. The Morgan fingerprint density at radius 2 is 1.90 bits per heavy atom. The summed E-state index contributed by atoms with van der Waals surface area (Å²) in [6, 6.07) is 8.46. The molecule has 4 heteroatoms. The van der Waals surface area contributed by atoms with Crippen molar-refractivity contribution in [1.29, 1.82) is 0 Å². The Kier molecular flexibility index (Phi) is 4.86. The molecule has 0 heterocycles. The molecule has 2 aromatic rings. The molecule has 1 atom stereocenters. The Hall–Kier alpha value is -1.58. The van der Waals surface area contributed by atoms with E-state index in [1.165, 1.54) is 6.07 Å². The first-order valence-electron chi connectivity index (χ1n) is 6.76. The fourth-order valence-corrected chi connectivity index (χ4v) is 2.76. The van der Waals surface area contributed by atoms with Gasteiger partial charge in [-0.25, -0.2) is 4.39 Å². The van der Waals surface area contributed by atoms with Crippen molar-refractivity contribution >= 4 is 11.6 Å². The van der Waals surface area contributed by atoms with E-state index < -0.39 is 0 Å². The van der Waals surface area contributed by atoms with Crippen molar-refractivity contribution in [3.63, 3.8) is 0 Å². The zero-order valence-corrected chi connectivity index (χ0v) is 13.4. The van der Waals surface area contributed by atoms with Crippen molar-refractivity contribution in [1.82, 2.24) is 5.32 Å². The normalized spacial score (nSPS) is 12.3. The van der Waals surface area contributed by atoms with Gasteiger partial charge in [0.1, 0.15) is 11.6 Å². The van der Waals surface area contributed by atoms with Crippen LogP contribution in [0.15, 0.2) is 30.3 Å².